The summed E-state index contributed by atoms with van der Waals surface area (Å²) in [6, 6.07) is 25.7. The zero-order chi connectivity index (χ0) is 20.2. The molecule has 0 saturated carbocycles. The Balaban J connectivity index is 1.69. The zero-order valence-electron chi connectivity index (χ0n) is 16.2. The standard InChI is InChI=1S/C24H22N2O3/c1-29-21-14-8-13-20(16-21)26-23(27)22(15-18-9-4-2-5-10-18)25(24(26)28)17-19-11-6-3-7-12-19/h2-14,16,22H,15,17H2,1H3/t22-/m0/s1. The lowest BCUT2D eigenvalue weighted by Crippen LogP contribution is -2.36. The third-order valence-corrected chi connectivity index (χ3v) is 5.10. The molecule has 0 aliphatic carbocycles. The Hall–Kier alpha value is -3.60. The van der Waals surface area contributed by atoms with Crippen molar-refractivity contribution in [3.63, 3.8) is 0 Å². The van der Waals surface area contributed by atoms with E-state index in [0.29, 0.717) is 24.4 Å². The summed E-state index contributed by atoms with van der Waals surface area (Å²) in [6.45, 7) is 0.378. The molecule has 0 N–H and O–H groups in total. The number of hydrogen-bond donors (Lipinski definition) is 0. The van der Waals surface area contributed by atoms with Crippen LogP contribution in [0, 0.1) is 0 Å². The van der Waals surface area contributed by atoms with E-state index >= 15 is 0 Å². The number of ether oxygens (including phenoxy) is 1. The normalized spacial score (nSPS) is 16.4. The number of amides is 3. The van der Waals surface area contributed by atoms with Crippen LogP contribution in [-0.2, 0) is 17.8 Å². The number of benzene rings is 3. The predicted molar refractivity (Wildman–Crippen MR) is 112 cm³/mol. The molecule has 0 aromatic heterocycles. The van der Waals surface area contributed by atoms with Crippen LogP contribution >= 0.6 is 0 Å². The second-order valence-electron chi connectivity index (χ2n) is 6.98. The molecular formula is C24H22N2O3. The van der Waals surface area contributed by atoms with Crippen LogP contribution in [0.25, 0.3) is 0 Å². The van der Waals surface area contributed by atoms with Gasteiger partial charge in [0.1, 0.15) is 11.8 Å². The van der Waals surface area contributed by atoms with Gasteiger partial charge in [0.25, 0.3) is 5.91 Å². The van der Waals surface area contributed by atoms with Crippen molar-refractivity contribution < 1.29 is 14.3 Å². The second-order valence-corrected chi connectivity index (χ2v) is 6.98. The van der Waals surface area contributed by atoms with Gasteiger partial charge in [-0.1, -0.05) is 66.7 Å². The van der Waals surface area contributed by atoms with Crippen molar-refractivity contribution in [1.82, 2.24) is 4.90 Å². The van der Waals surface area contributed by atoms with Gasteiger partial charge in [0, 0.05) is 19.0 Å². The summed E-state index contributed by atoms with van der Waals surface area (Å²) in [5.41, 5.74) is 2.52. The number of urea groups is 1. The molecule has 0 radical (unpaired) electrons. The van der Waals surface area contributed by atoms with Crippen molar-refractivity contribution in [2.24, 2.45) is 0 Å². The molecule has 4 rings (SSSR count). The quantitative estimate of drug-likeness (QED) is 0.594. The summed E-state index contributed by atoms with van der Waals surface area (Å²) in [5.74, 6) is 0.382. The number of imide groups is 1. The highest BCUT2D eigenvalue weighted by molar-refractivity contribution is 6.21. The Kier molecular flexibility index (Phi) is 5.29. The first-order valence-electron chi connectivity index (χ1n) is 9.54. The van der Waals surface area contributed by atoms with Crippen LogP contribution in [0.2, 0.25) is 0 Å². The molecule has 1 aliphatic rings. The maximum atomic E-state index is 13.3. The molecule has 5 nitrogen and oxygen atoms in total. The van der Waals surface area contributed by atoms with E-state index in [4.69, 9.17) is 4.74 Å². The van der Waals surface area contributed by atoms with Crippen molar-refractivity contribution in [1.29, 1.82) is 0 Å². The summed E-state index contributed by atoms with van der Waals surface area (Å²) in [6.07, 6.45) is 0.471. The van der Waals surface area contributed by atoms with E-state index in [1.807, 2.05) is 60.7 Å². The van der Waals surface area contributed by atoms with E-state index in [-0.39, 0.29) is 11.9 Å². The largest absolute Gasteiger partial charge is 0.497 e. The summed E-state index contributed by atoms with van der Waals surface area (Å²) < 4.78 is 5.27. The molecule has 3 aromatic rings. The van der Waals surface area contributed by atoms with E-state index in [1.165, 1.54) is 4.90 Å². The van der Waals surface area contributed by atoms with Gasteiger partial charge in [0.2, 0.25) is 0 Å². The first kappa shape index (κ1) is 18.7. The average molecular weight is 386 g/mol. The highest BCUT2D eigenvalue weighted by Gasteiger charge is 2.45. The van der Waals surface area contributed by atoms with E-state index in [0.717, 1.165) is 11.1 Å². The number of methoxy groups -OCH3 is 1. The number of rotatable bonds is 6. The Morgan fingerprint density at radius 2 is 1.48 bits per heavy atom. The monoisotopic (exact) mass is 386 g/mol. The van der Waals surface area contributed by atoms with Gasteiger partial charge in [-0.2, -0.15) is 0 Å². The Morgan fingerprint density at radius 1 is 0.828 bits per heavy atom. The van der Waals surface area contributed by atoms with Crippen LogP contribution in [0.4, 0.5) is 10.5 Å². The van der Waals surface area contributed by atoms with Crippen LogP contribution in [0.5, 0.6) is 5.75 Å². The highest BCUT2D eigenvalue weighted by atomic mass is 16.5. The van der Waals surface area contributed by atoms with Gasteiger partial charge >= 0.3 is 6.03 Å². The Bertz CT molecular complexity index is 945. The third-order valence-electron chi connectivity index (χ3n) is 5.10. The van der Waals surface area contributed by atoms with Gasteiger partial charge in [-0.25, -0.2) is 9.69 Å². The lowest BCUT2D eigenvalue weighted by atomic mass is 10.0. The van der Waals surface area contributed by atoms with Crippen LogP contribution in [0.15, 0.2) is 84.9 Å². The summed E-state index contributed by atoms with van der Waals surface area (Å²) in [7, 11) is 1.56. The molecule has 3 aromatic carbocycles. The fourth-order valence-electron chi connectivity index (χ4n) is 3.62. The van der Waals surface area contributed by atoms with Gasteiger partial charge in [-0.15, -0.1) is 0 Å². The first-order chi connectivity index (χ1) is 14.2. The molecule has 1 fully saturated rings. The van der Waals surface area contributed by atoms with Crippen LogP contribution in [-0.4, -0.2) is 30.0 Å². The zero-order valence-corrected chi connectivity index (χ0v) is 16.2. The SMILES string of the molecule is COc1cccc(N2C(=O)[C@H](Cc3ccccc3)N(Cc3ccccc3)C2=O)c1. The topological polar surface area (TPSA) is 49.9 Å². The smallest absolute Gasteiger partial charge is 0.332 e. The molecular weight excluding hydrogens is 364 g/mol. The maximum Gasteiger partial charge on any atom is 0.332 e. The number of nitrogens with zero attached hydrogens (tertiary/aromatic N) is 2. The van der Waals surface area contributed by atoms with E-state index < -0.39 is 6.04 Å². The molecule has 1 saturated heterocycles. The van der Waals surface area contributed by atoms with Crippen molar-refractivity contribution >= 4 is 17.6 Å². The van der Waals surface area contributed by atoms with Gasteiger partial charge in [-0.3, -0.25) is 4.79 Å². The lowest BCUT2D eigenvalue weighted by Gasteiger charge is -2.22. The highest BCUT2D eigenvalue weighted by Crippen LogP contribution is 2.30. The minimum Gasteiger partial charge on any atom is -0.497 e. The number of carbonyl (C=O) groups is 2. The lowest BCUT2D eigenvalue weighted by molar-refractivity contribution is -0.119. The van der Waals surface area contributed by atoms with E-state index in [1.54, 1.807) is 36.3 Å². The third kappa shape index (κ3) is 3.85. The molecule has 146 valence electrons. The predicted octanol–water partition coefficient (Wildman–Crippen LogP) is 4.28. The van der Waals surface area contributed by atoms with Crippen molar-refractivity contribution in [3.8, 4) is 5.75 Å². The molecule has 3 amide bonds. The average Bonchev–Trinajstić information content (AvgIpc) is 2.99. The summed E-state index contributed by atoms with van der Waals surface area (Å²) in [5, 5.41) is 0. The minimum atomic E-state index is -0.559. The molecule has 5 heteroatoms. The van der Waals surface area contributed by atoms with Crippen molar-refractivity contribution in [2.75, 3.05) is 12.0 Å². The van der Waals surface area contributed by atoms with Crippen molar-refractivity contribution in [3.05, 3.63) is 96.1 Å². The Morgan fingerprint density at radius 3 is 2.14 bits per heavy atom. The van der Waals surface area contributed by atoms with Gasteiger partial charge < -0.3 is 9.64 Å². The van der Waals surface area contributed by atoms with E-state index in [9.17, 15) is 9.59 Å². The molecule has 0 spiro atoms. The maximum absolute atomic E-state index is 13.3. The molecule has 0 bridgehead atoms. The van der Waals surface area contributed by atoms with Gasteiger partial charge in [0.15, 0.2) is 0 Å². The molecule has 1 aliphatic heterocycles. The minimum absolute atomic E-state index is 0.219. The number of carbonyl (C=O) groups excluding carboxylic acids is 2. The van der Waals surface area contributed by atoms with Crippen molar-refractivity contribution in [2.45, 2.75) is 19.0 Å². The fourth-order valence-corrected chi connectivity index (χ4v) is 3.62. The summed E-state index contributed by atoms with van der Waals surface area (Å²) >= 11 is 0. The van der Waals surface area contributed by atoms with Gasteiger partial charge in [0.05, 0.1) is 12.8 Å². The van der Waals surface area contributed by atoms with Crippen LogP contribution in [0.1, 0.15) is 11.1 Å². The number of anilines is 1. The fraction of sp³-hybridized carbons (Fsp3) is 0.167. The number of hydrogen-bond acceptors (Lipinski definition) is 3. The molecule has 0 unspecified atom stereocenters. The van der Waals surface area contributed by atoms with E-state index in [2.05, 4.69) is 0 Å². The molecule has 1 heterocycles. The van der Waals surface area contributed by atoms with Gasteiger partial charge in [-0.05, 0) is 23.3 Å². The molecule has 1 atom stereocenters. The van der Waals surface area contributed by atoms with Crippen LogP contribution < -0.4 is 9.64 Å². The Labute approximate surface area is 170 Å². The second kappa shape index (κ2) is 8.19. The molecule has 29 heavy (non-hydrogen) atoms. The first-order valence-corrected chi connectivity index (χ1v) is 9.54. The van der Waals surface area contributed by atoms with Crippen LogP contribution in [0.3, 0.4) is 0 Å². The summed E-state index contributed by atoms with van der Waals surface area (Å²) in [4.78, 5) is 29.6.